The second kappa shape index (κ2) is 4.75. The average molecular weight is 264 g/mol. The smallest absolute Gasteiger partial charge is 0.0770 e. The lowest BCUT2D eigenvalue weighted by molar-refractivity contribution is 0.992. The molecular weight excluding hydrogens is 246 g/mol. The number of aryl methyl sites for hydroxylation is 2. The van der Waals surface area contributed by atoms with E-state index in [-0.39, 0.29) is 0 Å². The number of hydrogen-bond acceptors (Lipinski definition) is 3. The molecule has 18 heavy (non-hydrogen) atoms. The Labute approximate surface area is 113 Å². The van der Waals surface area contributed by atoms with Crippen molar-refractivity contribution in [2.45, 2.75) is 20.4 Å². The number of nitrogens with zero attached hydrogens (tertiary/aromatic N) is 2. The molecule has 0 unspecified atom stereocenters. The summed E-state index contributed by atoms with van der Waals surface area (Å²) in [5.41, 5.74) is 11.1. The van der Waals surface area contributed by atoms with Crippen molar-refractivity contribution in [3.8, 4) is 0 Å². The minimum absolute atomic E-state index is 0.465. The molecular formula is C14H18ClN3. The fourth-order valence-electron chi connectivity index (χ4n) is 2.34. The Morgan fingerprint density at radius 1 is 1.28 bits per heavy atom. The van der Waals surface area contributed by atoms with Crippen molar-refractivity contribution in [1.29, 1.82) is 0 Å². The van der Waals surface area contributed by atoms with Crippen LogP contribution in [0.25, 0.3) is 10.9 Å². The monoisotopic (exact) mass is 263 g/mol. The molecule has 0 aliphatic carbocycles. The Morgan fingerprint density at radius 3 is 2.50 bits per heavy atom. The summed E-state index contributed by atoms with van der Waals surface area (Å²) in [5.74, 6) is 0. The summed E-state index contributed by atoms with van der Waals surface area (Å²) in [6, 6.07) is 3.92. The van der Waals surface area contributed by atoms with Gasteiger partial charge >= 0.3 is 0 Å². The van der Waals surface area contributed by atoms with Crippen LogP contribution >= 0.6 is 11.6 Å². The molecule has 1 aromatic carbocycles. The normalized spacial score (nSPS) is 11.0. The van der Waals surface area contributed by atoms with E-state index in [0.29, 0.717) is 6.54 Å². The molecule has 0 aliphatic rings. The maximum absolute atomic E-state index is 6.35. The second-order valence-corrected chi connectivity index (χ2v) is 5.12. The molecule has 4 heteroatoms. The molecule has 0 saturated carbocycles. The third-order valence-electron chi connectivity index (χ3n) is 3.22. The molecule has 2 aromatic rings. The maximum atomic E-state index is 6.35. The first-order valence-electron chi connectivity index (χ1n) is 5.93. The zero-order valence-electron chi connectivity index (χ0n) is 11.2. The molecule has 2 rings (SSSR count). The summed E-state index contributed by atoms with van der Waals surface area (Å²) in [6.07, 6.45) is 0. The van der Waals surface area contributed by atoms with Crippen LogP contribution in [0.5, 0.6) is 0 Å². The van der Waals surface area contributed by atoms with Crippen molar-refractivity contribution in [2.24, 2.45) is 5.73 Å². The zero-order valence-corrected chi connectivity index (χ0v) is 12.0. The molecule has 1 heterocycles. The van der Waals surface area contributed by atoms with E-state index < -0.39 is 0 Å². The third-order valence-corrected chi connectivity index (χ3v) is 3.53. The van der Waals surface area contributed by atoms with Crippen LogP contribution in [0, 0.1) is 13.8 Å². The average Bonchev–Trinajstić information content (AvgIpc) is 2.32. The Hall–Kier alpha value is -1.32. The molecule has 0 bridgehead atoms. The Balaban J connectivity index is 3.01. The predicted molar refractivity (Wildman–Crippen MR) is 78.4 cm³/mol. The van der Waals surface area contributed by atoms with E-state index in [1.807, 2.05) is 40.1 Å². The van der Waals surface area contributed by atoms with Gasteiger partial charge in [-0.05, 0) is 25.5 Å². The Bertz CT molecular complexity index is 606. The van der Waals surface area contributed by atoms with Crippen molar-refractivity contribution in [3.05, 3.63) is 34.0 Å². The van der Waals surface area contributed by atoms with Gasteiger partial charge in [-0.3, -0.25) is 4.98 Å². The first-order valence-corrected chi connectivity index (χ1v) is 6.30. The summed E-state index contributed by atoms with van der Waals surface area (Å²) >= 11 is 6.35. The fraction of sp³-hybridized carbons (Fsp3) is 0.357. The Morgan fingerprint density at radius 2 is 1.94 bits per heavy atom. The van der Waals surface area contributed by atoms with Crippen molar-refractivity contribution < 1.29 is 0 Å². The van der Waals surface area contributed by atoms with Crippen molar-refractivity contribution in [1.82, 2.24) is 4.98 Å². The lowest BCUT2D eigenvalue weighted by Crippen LogP contribution is -2.16. The number of rotatable bonds is 2. The molecule has 0 spiro atoms. The quantitative estimate of drug-likeness (QED) is 0.906. The molecule has 0 atom stereocenters. The minimum atomic E-state index is 0.465. The van der Waals surface area contributed by atoms with E-state index in [0.717, 1.165) is 38.4 Å². The van der Waals surface area contributed by atoms with Gasteiger partial charge in [-0.2, -0.15) is 0 Å². The number of nitrogens with two attached hydrogens (primary N) is 1. The van der Waals surface area contributed by atoms with Gasteiger partial charge in [0.2, 0.25) is 0 Å². The zero-order chi connectivity index (χ0) is 13.4. The third kappa shape index (κ3) is 1.93. The number of anilines is 1. The number of fused-ring (bicyclic) bond motifs is 1. The van der Waals surface area contributed by atoms with Gasteiger partial charge in [-0.15, -0.1) is 0 Å². The van der Waals surface area contributed by atoms with Gasteiger partial charge in [-0.25, -0.2) is 0 Å². The molecule has 0 radical (unpaired) electrons. The molecule has 1 aromatic heterocycles. The van der Waals surface area contributed by atoms with Gasteiger partial charge in [0.25, 0.3) is 0 Å². The highest BCUT2D eigenvalue weighted by Gasteiger charge is 2.16. The molecule has 96 valence electrons. The minimum Gasteiger partial charge on any atom is -0.377 e. The topological polar surface area (TPSA) is 42.2 Å². The van der Waals surface area contributed by atoms with Crippen LogP contribution in [-0.4, -0.2) is 19.1 Å². The number of hydrogen-bond donors (Lipinski definition) is 1. The van der Waals surface area contributed by atoms with E-state index >= 15 is 0 Å². The summed E-state index contributed by atoms with van der Waals surface area (Å²) in [6.45, 7) is 4.51. The van der Waals surface area contributed by atoms with E-state index in [1.54, 1.807) is 0 Å². The summed E-state index contributed by atoms with van der Waals surface area (Å²) in [5, 5.41) is 1.72. The van der Waals surface area contributed by atoms with Crippen LogP contribution in [0.2, 0.25) is 5.02 Å². The fourth-order valence-corrected chi connectivity index (χ4v) is 2.58. The maximum Gasteiger partial charge on any atom is 0.0770 e. The van der Waals surface area contributed by atoms with Gasteiger partial charge in [0, 0.05) is 37.3 Å². The van der Waals surface area contributed by atoms with Crippen LogP contribution in [0.1, 0.15) is 16.8 Å². The van der Waals surface area contributed by atoms with Crippen LogP contribution < -0.4 is 10.6 Å². The number of benzene rings is 1. The predicted octanol–water partition coefficient (Wildman–Crippen LogP) is 3.03. The molecule has 0 amide bonds. The van der Waals surface area contributed by atoms with Crippen LogP contribution in [0.4, 0.5) is 5.69 Å². The van der Waals surface area contributed by atoms with Gasteiger partial charge in [0.15, 0.2) is 0 Å². The van der Waals surface area contributed by atoms with Crippen LogP contribution in [-0.2, 0) is 6.54 Å². The van der Waals surface area contributed by atoms with E-state index in [9.17, 15) is 0 Å². The number of aromatic nitrogens is 1. The molecule has 0 aliphatic heterocycles. The summed E-state index contributed by atoms with van der Waals surface area (Å²) < 4.78 is 0. The number of halogens is 1. The second-order valence-electron chi connectivity index (χ2n) is 4.71. The van der Waals surface area contributed by atoms with E-state index in [1.165, 1.54) is 0 Å². The first kappa shape index (κ1) is 13.1. The highest BCUT2D eigenvalue weighted by Crippen LogP contribution is 2.36. The standard InChI is InChI=1S/C14H18ClN3/c1-8-5-6-11(15)12-13(8)17-9(2)10(7-16)14(12)18(3)4/h5-6H,7,16H2,1-4H3. The molecule has 0 saturated heterocycles. The number of pyridine rings is 1. The van der Waals surface area contributed by atoms with Crippen molar-refractivity contribution in [2.75, 3.05) is 19.0 Å². The van der Waals surface area contributed by atoms with Gasteiger partial charge in [0.05, 0.1) is 16.2 Å². The highest BCUT2D eigenvalue weighted by molar-refractivity contribution is 6.36. The summed E-state index contributed by atoms with van der Waals surface area (Å²) in [4.78, 5) is 6.72. The molecule has 3 nitrogen and oxygen atoms in total. The van der Waals surface area contributed by atoms with E-state index in [2.05, 4.69) is 9.88 Å². The van der Waals surface area contributed by atoms with Gasteiger partial charge < -0.3 is 10.6 Å². The lowest BCUT2D eigenvalue weighted by atomic mass is 10.0. The summed E-state index contributed by atoms with van der Waals surface area (Å²) in [7, 11) is 4.01. The molecule has 0 fully saturated rings. The Kier molecular flexibility index (Phi) is 3.46. The largest absolute Gasteiger partial charge is 0.377 e. The highest BCUT2D eigenvalue weighted by atomic mass is 35.5. The van der Waals surface area contributed by atoms with Crippen LogP contribution in [0.3, 0.4) is 0 Å². The lowest BCUT2D eigenvalue weighted by Gasteiger charge is -2.22. The van der Waals surface area contributed by atoms with Crippen molar-refractivity contribution >= 4 is 28.2 Å². The van der Waals surface area contributed by atoms with E-state index in [4.69, 9.17) is 17.3 Å². The molecule has 2 N–H and O–H groups in total. The van der Waals surface area contributed by atoms with Gasteiger partial charge in [0.1, 0.15) is 0 Å². The first-order chi connectivity index (χ1) is 8.47. The SMILES string of the molecule is Cc1nc2c(C)ccc(Cl)c2c(N(C)C)c1CN. The van der Waals surface area contributed by atoms with Crippen molar-refractivity contribution in [3.63, 3.8) is 0 Å². The van der Waals surface area contributed by atoms with Gasteiger partial charge in [-0.1, -0.05) is 17.7 Å². The van der Waals surface area contributed by atoms with Crippen LogP contribution in [0.15, 0.2) is 12.1 Å².